The minimum absolute atomic E-state index is 0.0655. The molecule has 0 aromatic carbocycles. The number of hydrogen-bond acceptors (Lipinski definition) is 3. The van der Waals surface area contributed by atoms with Crippen molar-refractivity contribution in [2.75, 3.05) is 19.3 Å². The highest BCUT2D eigenvalue weighted by molar-refractivity contribution is 7.89. The van der Waals surface area contributed by atoms with E-state index in [1.807, 2.05) is 6.92 Å². The summed E-state index contributed by atoms with van der Waals surface area (Å²) in [5.74, 6) is 0.857. The Labute approximate surface area is 113 Å². The van der Waals surface area contributed by atoms with Gasteiger partial charge in [-0.2, -0.15) is 0 Å². The Bertz CT molecular complexity index is 315. The molecule has 18 heavy (non-hydrogen) atoms. The van der Waals surface area contributed by atoms with Crippen LogP contribution in [0.1, 0.15) is 47.0 Å². The van der Waals surface area contributed by atoms with Crippen LogP contribution in [0.15, 0.2) is 0 Å². The van der Waals surface area contributed by atoms with Gasteiger partial charge in [0.15, 0.2) is 0 Å². The summed E-state index contributed by atoms with van der Waals surface area (Å²) in [6, 6.07) is 0.0655. The highest BCUT2D eigenvalue weighted by Crippen LogP contribution is 2.12. The maximum atomic E-state index is 12.1. The SMILES string of the molecule is CCCC(C)CS(=O)(=O)N(C)CCC(N)C(C)C. The van der Waals surface area contributed by atoms with Gasteiger partial charge in [0.25, 0.3) is 0 Å². The molecule has 0 aliphatic rings. The van der Waals surface area contributed by atoms with Gasteiger partial charge in [-0.25, -0.2) is 12.7 Å². The van der Waals surface area contributed by atoms with E-state index in [1.54, 1.807) is 7.05 Å². The van der Waals surface area contributed by atoms with E-state index in [1.165, 1.54) is 4.31 Å². The third kappa shape index (κ3) is 6.71. The van der Waals surface area contributed by atoms with Gasteiger partial charge in [0.05, 0.1) is 5.75 Å². The largest absolute Gasteiger partial charge is 0.327 e. The molecule has 4 nitrogen and oxygen atoms in total. The Kier molecular flexibility index (Phi) is 8.06. The Morgan fingerprint density at radius 3 is 2.17 bits per heavy atom. The van der Waals surface area contributed by atoms with Crippen molar-refractivity contribution in [1.82, 2.24) is 4.31 Å². The first-order valence-electron chi connectivity index (χ1n) is 6.90. The molecule has 0 saturated heterocycles. The molecule has 0 aromatic heterocycles. The van der Waals surface area contributed by atoms with Gasteiger partial charge in [-0.1, -0.05) is 34.1 Å². The molecule has 0 saturated carbocycles. The van der Waals surface area contributed by atoms with Crippen molar-refractivity contribution in [1.29, 1.82) is 0 Å². The Morgan fingerprint density at radius 1 is 1.17 bits per heavy atom. The van der Waals surface area contributed by atoms with Crippen molar-refractivity contribution in [3.8, 4) is 0 Å². The first-order chi connectivity index (χ1) is 8.20. The fourth-order valence-electron chi connectivity index (χ4n) is 1.87. The summed E-state index contributed by atoms with van der Waals surface area (Å²) in [6.07, 6.45) is 2.70. The predicted octanol–water partition coefficient (Wildman–Crippen LogP) is 2.06. The minimum atomic E-state index is -3.13. The first kappa shape index (κ1) is 17.9. The van der Waals surface area contributed by atoms with Gasteiger partial charge in [-0.05, 0) is 24.7 Å². The molecule has 0 aliphatic heterocycles. The maximum absolute atomic E-state index is 12.1. The lowest BCUT2D eigenvalue weighted by atomic mass is 10.0. The highest BCUT2D eigenvalue weighted by atomic mass is 32.2. The number of hydrogen-bond donors (Lipinski definition) is 1. The summed E-state index contributed by atoms with van der Waals surface area (Å²) in [4.78, 5) is 0. The monoisotopic (exact) mass is 278 g/mol. The van der Waals surface area contributed by atoms with Gasteiger partial charge < -0.3 is 5.73 Å². The van der Waals surface area contributed by atoms with Crippen LogP contribution >= 0.6 is 0 Å². The topological polar surface area (TPSA) is 63.4 Å². The highest BCUT2D eigenvalue weighted by Gasteiger charge is 2.21. The van der Waals surface area contributed by atoms with E-state index in [0.29, 0.717) is 12.5 Å². The Hall–Kier alpha value is -0.130. The summed E-state index contributed by atoms with van der Waals surface area (Å²) in [7, 11) is -1.47. The third-order valence-electron chi connectivity index (χ3n) is 3.39. The molecule has 5 heteroatoms. The lowest BCUT2D eigenvalue weighted by Crippen LogP contribution is -2.36. The van der Waals surface area contributed by atoms with Crippen LogP contribution in [0, 0.1) is 11.8 Å². The lowest BCUT2D eigenvalue weighted by Gasteiger charge is -2.22. The summed E-state index contributed by atoms with van der Waals surface area (Å²) >= 11 is 0. The van der Waals surface area contributed by atoms with E-state index in [2.05, 4.69) is 20.8 Å². The van der Waals surface area contributed by atoms with E-state index in [9.17, 15) is 8.42 Å². The standard InChI is InChI=1S/C13H30N2O2S/c1-6-7-12(4)10-18(16,17)15(5)9-8-13(14)11(2)3/h11-13H,6-10,14H2,1-5H3. The summed E-state index contributed by atoms with van der Waals surface area (Å²) < 4.78 is 25.6. The van der Waals surface area contributed by atoms with Crippen molar-refractivity contribution in [2.24, 2.45) is 17.6 Å². The second-order valence-corrected chi connectivity index (χ2v) is 7.81. The molecule has 2 N–H and O–H groups in total. The lowest BCUT2D eigenvalue weighted by molar-refractivity contribution is 0.394. The molecule has 0 aromatic rings. The van der Waals surface area contributed by atoms with E-state index in [-0.39, 0.29) is 17.7 Å². The van der Waals surface area contributed by atoms with Crippen LogP contribution in [0.3, 0.4) is 0 Å². The van der Waals surface area contributed by atoms with Crippen molar-refractivity contribution >= 4 is 10.0 Å². The molecule has 2 atom stereocenters. The molecule has 0 aliphatic carbocycles. The maximum Gasteiger partial charge on any atom is 0.214 e. The molecular weight excluding hydrogens is 248 g/mol. The smallest absolute Gasteiger partial charge is 0.214 e. The van der Waals surface area contributed by atoms with E-state index < -0.39 is 10.0 Å². The molecule has 0 bridgehead atoms. The molecular formula is C13H30N2O2S. The second-order valence-electron chi connectivity index (χ2n) is 5.69. The quantitative estimate of drug-likeness (QED) is 0.702. The molecule has 110 valence electrons. The van der Waals surface area contributed by atoms with Crippen molar-refractivity contribution in [3.05, 3.63) is 0 Å². The predicted molar refractivity (Wildman–Crippen MR) is 77.9 cm³/mol. The summed E-state index contributed by atoms with van der Waals surface area (Å²) in [5.41, 5.74) is 5.94. The average molecular weight is 278 g/mol. The van der Waals surface area contributed by atoms with Crippen LogP contribution in [0.5, 0.6) is 0 Å². The van der Waals surface area contributed by atoms with Crippen LogP contribution < -0.4 is 5.73 Å². The fraction of sp³-hybridized carbons (Fsp3) is 1.00. The molecule has 0 spiro atoms. The van der Waals surface area contributed by atoms with Crippen LogP contribution in [0.25, 0.3) is 0 Å². The fourth-order valence-corrected chi connectivity index (χ4v) is 3.39. The normalized spacial score (nSPS) is 16.2. The molecule has 0 radical (unpaired) electrons. The van der Waals surface area contributed by atoms with Crippen molar-refractivity contribution in [3.63, 3.8) is 0 Å². The zero-order chi connectivity index (χ0) is 14.3. The number of sulfonamides is 1. The van der Waals surface area contributed by atoms with Gasteiger partial charge in [0, 0.05) is 19.6 Å². The number of nitrogens with two attached hydrogens (primary N) is 1. The third-order valence-corrected chi connectivity index (χ3v) is 5.51. The van der Waals surface area contributed by atoms with E-state index >= 15 is 0 Å². The van der Waals surface area contributed by atoms with E-state index in [4.69, 9.17) is 5.73 Å². The zero-order valence-corrected chi connectivity index (χ0v) is 13.3. The van der Waals surface area contributed by atoms with Crippen LogP contribution in [-0.4, -0.2) is 38.1 Å². The zero-order valence-electron chi connectivity index (χ0n) is 12.5. The number of rotatable bonds is 9. The van der Waals surface area contributed by atoms with Gasteiger partial charge in [0.1, 0.15) is 0 Å². The minimum Gasteiger partial charge on any atom is -0.327 e. The van der Waals surface area contributed by atoms with E-state index in [0.717, 1.165) is 19.3 Å². The summed E-state index contributed by atoms with van der Waals surface area (Å²) in [6.45, 7) is 8.70. The molecule has 0 fully saturated rings. The van der Waals surface area contributed by atoms with Crippen molar-refractivity contribution in [2.45, 2.75) is 53.0 Å². The van der Waals surface area contributed by atoms with Crippen LogP contribution in [0.4, 0.5) is 0 Å². The molecule has 0 rings (SSSR count). The van der Waals surface area contributed by atoms with Gasteiger partial charge in [0.2, 0.25) is 10.0 Å². The second kappa shape index (κ2) is 8.12. The van der Waals surface area contributed by atoms with Crippen molar-refractivity contribution < 1.29 is 8.42 Å². The van der Waals surface area contributed by atoms with Crippen LogP contribution in [0.2, 0.25) is 0 Å². The first-order valence-corrected chi connectivity index (χ1v) is 8.51. The molecule has 2 unspecified atom stereocenters. The van der Waals surface area contributed by atoms with Gasteiger partial charge in [-0.15, -0.1) is 0 Å². The van der Waals surface area contributed by atoms with Crippen LogP contribution in [-0.2, 0) is 10.0 Å². The van der Waals surface area contributed by atoms with Gasteiger partial charge in [-0.3, -0.25) is 0 Å². The molecule has 0 heterocycles. The Balaban J connectivity index is 4.26. The van der Waals surface area contributed by atoms with Gasteiger partial charge >= 0.3 is 0 Å². The number of nitrogens with zero attached hydrogens (tertiary/aromatic N) is 1. The Morgan fingerprint density at radius 2 is 1.72 bits per heavy atom. The summed E-state index contributed by atoms with van der Waals surface area (Å²) in [5, 5.41) is 0. The average Bonchev–Trinajstić information content (AvgIpc) is 2.24. The molecule has 0 amide bonds.